The summed E-state index contributed by atoms with van der Waals surface area (Å²) in [5.74, 6) is 0.411. The molecule has 1 amide bonds. The lowest BCUT2D eigenvalue weighted by Crippen LogP contribution is -2.30. The normalized spacial score (nSPS) is 18.9. The van der Waals surface area contributed by atoms with Gasteiger partial charge in [0, 0.05) is 31.8 Å². The Kier molecular flexibility index (Phi) is 4.77. The molecule has 19 heavy (non-hydrogen) atoms. The maximum atomic E-state index is 12.5. The van der Waals surface area contributed by atoms with Crippen molar-refractivity contribution in [2.24, 2.45) is 5.92 Å². The molecule has 0 aromatic carbocycles. The molecule has 1 aromatic heterocycles. The average molecular weight is 283 g/mol. The van der Waals surface area contributed by atoms with E-state index in [0.717, 1.165) is 32.7 Å². The Bertz CT molecular complexity index is 445. The SMILES string of the molecule is CCOC[C@@H]1CCN(C(=O)c2c(Cl)ccnc2C)C1. The van der Waals surface area contributed by atoms with Crippen molar-refractivity contribution in [2.75, 3.05) is 26.3 Å². The standard InChI is InChI=1S/C14H19ClN2O2/c1-3-19-9-11-5-7-17(8-11)14(18)13-10(2)16-6-4-12(13)15/h4,6,11H,3,5,7-9H2,1-2H3/t11-/m1/s1. The molecule has 104 valence electrons. The molecule has 0 unspecified atom stereocenters. The van der Waals surface area contributed by atoms with Crippen LogP contribution in [-0.4, -0.2) is 42.1 Å². The van der Waals surface area contributed by atoms with Crippen molar-refractivity contribution in [3.05, 3.63) is 28.5 Å². The van der Waals surface area contributed by atoms with E-state index in [1.807, 2.05) is 18.7 Å². The summed E-state index contributed by atoms with van der Waals surface area (Å²) in [4.78, 5) is 18.5. The van der Waals surface area contributed by atoms with Crippen LogP contribution < -0.4 is 0 Å². The predicted octanol–water partition coefficient (Wildman–Crippen LogP) is 2.54. The highest BCUT2D eigenvalue weighted by molar-refractivity contribution is 6.33. The zero-order chi connectivity index (χ0) is 13.8. The van der Waals surface area contributed by atoms with Crippen molar-refractivity contribution < 1.29 is 9.53 Å². The van der Waals surface area contributed by atoms with Crippen molar-refractivity contribution in [1.29, 1.82) is 0 Å². The Morgan fingerprint density at radius 3 is 3.11 bits per heavy atom. The van der Waals surface area contributed by atoms with Gasteiger partial charge in [0.2, 0.25) is 0 Å². The van der Waals surface area contributed by atoms with Gasteiger partial charge in [-0.1, -0.05) is 11.6 Å². The molecule has 0 aliphatic carbocycles. The van der Waals surface area contributed by atoms with Gasteiger partial charge in [-0.05, 0) is 26.3 Å². The van der Waals surface area contributed by atoms with Crippen LogP contribution in [0.1, 0.15) is 29.4 Å². The lowest BCUT2D eigenvalue weighted by atomic mass is 10.1. The minimum absolute atomic E-state index is 0.0189. The zero-order valence-electron chi connectivity index (χ0n) is 11.4. The number of amides is 1. The molecular weight excluding hydrogens is 264 g/mol. The number of carbonyl (C=O) groups excluding carboxylic acids is 1. The minimum atomic E-state index is -0.0189. The summed E-state index contributed by atoms with van der Waals surface area (Å²) in [5.41, 5.74) is 1.21. The third-order valence-electron chi connectivity index (χ3n) is 3.43. The second-order valence-corrected chi connectivity index (χ2v) is 5.23. The summed E-state index contributed by atoms with van der Waals surface area (Å²) in [6.45, 7) is 6.74. The van der Waals surface area contributed by atoms with Gasteiger partial charge < -0.3 is 9.64 Å². The molecule has 1 aliphatic heterocycles. The molecule has 1 saturated heterocycles. The van der Waals surface area contributed by atoms with E-state index in [4.69, 9.17) is 16.3 Å². The first kappa shape index (κ1) is 14.3. The van der Waals surface area contributed by atoms with Crippen LogP contribution in [0.25, 0.3) is 0 Å². The van der Waals surface area contributed by atoms with E-state index >= 15 is 0 Å². The molecule has 2 heterocycles. The van der Waals surface area contributed by atoms with E-state index in [0.29, 0.717) is 22.2 Å². The number of hydrogen-bond donors (Lipinski definition) is 0. The van der Waals surface area contributed by atoms with Crippen molar-refractivity contribution in [1.82, 2.24) is 9.88 Å². The van der Waals surface area contributed by atoms with Crippen LogP contribution in [0, 0.1) is 12.8 Å². The molecule has 4 nitrogen and oxygen atoms in total. The van der Waals surface area contributed by atoms with Crippen molar-refractivity contribution in [3.8, 4) is 0 Å². The molecule has 1 atom stereocenters. The van der Waals surface area contributed by atoms with Gasteiger partial charge in [0.05, 0.1) is 22.9 Å². The molecule has 0 spiro atoms. The summed E-state index contributed by atoms with van der Waals surface area (Å²) in [6.07, 6.45) is 2.61. The number of pyridine rings is 1. The van der Waals surface area contributed by atoms with E-state index < -0.39 is 0 Å². The summed E-state index contributed by atoms with van der Waals surface area (Å²) in [5, 5.41) is 0.478. The number of aromatic nitrogens is 1. The van der Waals surface area contributed by atoms with Gasteiger partial charge in [0.15, 0.2) is 0 Å². The number of halogens is 1. The van der Waals surface area contributed by atoms with Gasteiger partial charge in [-0.3, -0.25) is 9.78 Å². The first-order valence-corrected chi connectivity index (χ1v) is 6.99. The molecule has 5 heteroatoms. The summed E-state index contributed by atoms with van der Waals surface area (Å²) in [7, 11) is 0. The van der Waals surface area contributed by atoms with Crippen molar-refractivity contribution in [2.45, 2.75) is 20.3 Å². The van der Waals surface area contributed by atoms with Crippen LogP contribution in [0.5, 0.6) is 0 Å². The second-order valence-electron chi connectivity index (χ2n) is 4.82. The fourth-order valence-electron chi connectivity index (χ4n) is 2.39. The van der Waals surface area contributed by atoms with E-state index in [1.54, 1.807) is 12.3 Å². The Morgan fingerprint density at radius 1 is 1.63 bits per heavy atom. The van der Waals surface area contributed by atoms with Gasteiger partial charge in [0.25, 0.3) is 5.91 Å². The quantitative estimate of drug-likeness (QED) is 0.852. The largest absolute Gasteiger partial charge is 0.381 e. The lowest BCUT2D eigenvalue weighted by Gasteiger charge is -2.18. The minimum Gasteiger partial charge on any atom is -0.381 e. The second kappa shape index (κ2) is 6.35. The Balaban J connectivity index is 2.05. The Morgan fingerprint density at radius 2 is 2.42 bits per heavy atom. The first-order valence-electron chi connectivity index (χ1n) is 6.61. The number of nitrogens with zero attached hydrogens (tertiary/aromatic N) is 2. The Labute approximate surface area is 118 Å². The highest BCUT2D eigenvalue weighted by Gasteiger charge is 2.29. The molecule has 0 bridgehead atoms. The predicted molar refractivity (Wildman–Crippen MR) is 74.5 cm³/mol. The average Bonchev–Trinajstić information content (AvgIpc) is 2.84. The number of hydrogen-bond acceptors (Lipinski definition) is 3. The fourth-order valence-corrected chi connectivity index (χ4v) is 2.66. The number of rotatable bonds is 4. The third kappa shape index (κ3) is 3.25. The van der Waals surface area contributed by atoms with Gasteiger partial charge >= 0.3 is 0 Å². The zero-order valence-corrected chi connectivity index (χ0v) is 12.1. The summed E-state index contributed by atoms with van der Waals surface area (Å²) >= 11 is 6.11. The Hall–Kier alpha value is -1.13. The van der Waals surface area contributed by atoms with Gasteiger partial charge in [-0.25, -0.2) is 0 Å². The number of ether oxygens (including phenoxy) is 1. The highest BCUT2D eigenvalue weighted by Crippen LogP contribution is 2.24. The number of aryl methyl sites for hydroxylation is 1. The van der Waals surface area contributed by atoms with E-state index in [9.17, 15) is 4.79 Å². The number of carbonyl (C=O) groups is 1. The molecule has 2 rings (SSSR count). The monoisotopic (exact) mass is 282 g/mol. The number of likely N-dealkylation sites (tertiary alicyclic amines) is 1. The molecule has 0 N–H and O–H groups in total. The molecule has 1 fully saturated rings. The van der Waals surface area contributed by atoms with E-state index in [1.165, 1.54) is 0 Å². The van der Waals surface area contributed by atoms with Crippen LogP contribution in [0.15, 0.2) is 12.3 Å². The van der Waals surface area contributed by atoms with Crippen LogP contribution in [-0.2, 0) is 4.74 Å². The molecule has 1 aliphatic rings. The lowest BCUT2D eigenvalue weighted by molar-refractivity contribution is 0.0762. The smallest absolute Gasteiger partial charge is 0.257 e. The van der Waals surface area contributed by atoms with E-state index in [-0.39, 0.29) is 5.91 Å². The van der Waals surface area contributed by atoms with E-state index in [2.05, 4.69) is 4.98 Å². The molecular formula is C14H19ClN2O2. The van der Waals surface area contributed by atoms with Gasteiger partial charge in [-0.15, -0.1) is 0 Å². The van der Waals surface area contributed by atoms with Gasteiger partial charge in [-0.2, -0.15) is 0 Å². The first-order chi connectivity index (χ1) is 9.13. The van der Waals surface area contributed by atoms with Crippen LogP contribution in [0.4, 0.5) is 0 Å². The van der Waals surface area contributed by atoms with Gasteiger partial charge in [0.1, 0.15) is 0 Å². The van der Waals surface area contributed by atoms with Crippen LogP contribution >= 0.6 is 11.6 Å². The summed E-state index contributed by atoms with van der Waals surface area (Å²) in [6, 6.07) is 1.66. The fraction of sp³-hybridized carbons (Fsp3) is 0.571. The topological polar surface area (TPSA) is 42.4 Å². The highest BCUT2D eigenvalue weighted by atomic mass is 35.5. The maximum absolute atomic E-state index is 12.5. The van der Waals surface area contributed by atoms with Crippen molar-refractivity contribution >= 4 is 17.5 Å². The molecule has 0 saturated carbocycles. The summed E-state index contributed by atoms with van der Waals surface area (Å²) < 4.78 is 5.42. The van der Waals surface area contributed by atoms with Crippen LogP contribution in [0.2, 0.25) is 5.02 Å². The maximum Gasteiger partial charge on any atom is 0.257 e. The molecule has 1 aromatic rings. The third-order valence-corrected chi connectivity index (χ3v) is 3.75. The van der Waals surface area contributed by atoms with Crippen LogP contribution in [0.3, 0.4) is 0 Å². The van der Waals surface area contributed by atoms with Crippen molar-refractivity contribution in [3.63, 3.8) is 0 Å². The molecule has 0 radical (unpaired) electrons.